The van der Waals surface area contributed by atoms with Crippen LogP contribution < -0.4 is 5.32 Å². The number of carbonyl (C=O) groups excluding carboxylic acids is 1. The average molecular weight is 392 g/mol. The molecule has 20 heavy (non-hydrogen) atoms. The predicted octanol–water partition coefficient (Wildman–Crippen LogP) is 2.76. The zero-order chi connectivity index (χ0) is 14.7. The second-order valence-corrected chi connectivity index (χ2v) is 5.93. The quantitative estimate of drug-likeness (QED) is 0.758. The first-order valence-electron chi connectivity index (χ1n) is 6.18. The molecule has 7 heteroatoms. The first kappa shape index (κ1) is 15.0. The van der Waals surface area contributed by atoms with Crippen LogP contribution in [-0.4, -0.2) is 35.1 Å². The Morgan fingerprint density at radius 3 is 2.70 bits per heavy atom. The highest BCUT2D eigenvalue weighted by Crippen LogP contribution is 2.30. The molecule has 0 saturated heterocycles. The van der Waals surface area contributed by atoms with Gasteiger partial charge in [-0.15, -0.1) is 0 Å². The number of urea groups is 1. The Labute approximate surface area is 129 Å². The molecule has 0 aliphatic heterocycles. The van der Waals surface area contributed by atoms with Crippen LogP contribution >= 0.6 is 22.6 Å². The van der Waals surface area contributed by atoms with E-state index in [1.54, 1.807) is 0 Å². The lowest BCUT2D eigenvalue weighted by Gasteiger charge is -2.21. The molecule has 0 atom stereocenters. The van der Waals surface area contributed by atoms with E-state index in [9.17, 15) is 14.0 Å². The largest absolute Gasteiger partial charge is 0.480 e. The Morgan fingerprint density at radius 2 is 2.15 bits per heavy atom. The number of hydrogen-bond acceptors (Lipinski definition) is 2. The highest BCUT2D eigenvalue weighted by molar-refractivity contribution is 14.1. The van der Waals surface area contributed by atoms with Crippen molar-refractivity contribution in [1.82, 2.24) is 4.90 Å². The van der Waals surface area contributed by atoms with Crippen molar-refractivity contribution in [3.8, 4) is 0 Å². The van der Waals surface area contributed by atoms with Gasteiger partial charge in [0, 0.05) is 10.1 Å². The topological polar surface area (TPSA) is 69.6 Å². The molecule has 0 aromatic heterocycles. The zero-order valence-electron chi connectivity index (χ0n) is 10.6. The summed E-state index contributed by atoms with van der Waals surface area (Å²) in [5.41, 5.74) is 0.475. The molecule has 0 unspecified atom stereocenters. The molecule has 2 amide bonds. The van der Waals surface area contributed by atoms with Gasteiger partial charge in [0.15, 0.2) is 0 Å². The van der Waals surface area contributed by atoms with Crippen LogP contribution in [0.4, 0.5) is 14.9 Å². The lowest BCUT2D eigenvalue weighted by molar-refractivity contribution is -0.137. The van der Waals surface area contributed by atoms with Gasteiger partial charge >= 0.3 is 12.0 Å². The SMILES string of the molecule is O=C(O)CN(CC1CC1)C(=O)Nc1ccc(F)cc1I. The van der Waals surface area contributed by atoms with Crippen molar-refractivity contribution in [2.45, 2.75) is 12.8 Å². The first-order chi connectivity index (χ1) is 9.45. The van der Waals surface area contributed by atoms with Gasteiger partial charge in [0.2, 0.25) is 0 Å². The Bertz CT molecular complexity index is 534. The standard InChI is InChI=1S/C13H14FIN2O3/c14-9-3-4-11(10(15)5-9)16-13(20)17(7-12(18)19)6-8-1-2-8/h3-5,8H,1-2,6-7H2,(H,16,20)(H,18,19). The van der Waals surface area contributed by atoms with Crippen LogP contribution in [0.2, 0.25) is 0 Å². The smallest absolute Gasteiger partial charge is 0.323 e. The molecule has 0 radical (unpaired) electrons. The summed E-state index contributed by atoms with van der Waals surface area (Å²) in [5, 5.41) is 11.5. The van der Waals surface area contributed by atoms with E-state index in [-0.39, 0.29) is 12.4 Å². The molecule has 0 bridgehead atoms. The first-order valence-corrected chi connectivity index (χ1v) is 7.26. The molecular weight excluding hydrogens is 378 g/mol. The molecule has 0 heterocycles. The molecular formula is C13H14FIN2O3. The monoisotopic (exact) mass is 392 g/mol. The molecule has 1 saturated carbocycles. The lowest BCUT2D eigenvalue weighted by atomic mass is 10.3. The Morgan fingerprint density at radius 1 is 1.45 bits per heavy atom. The average Bonchev–Trinajstić information content (AvgIpc) is 3.15. The highest BCUT2D eigenvalue weighted by Gasteiger charge is 2.28. The molecule has 2 rings (SSSR count). The van der Waals surface area contributed by atoms with Gasteiger partial charge in [0.25, 0.3) is 0 Å². The number of rotatable bonds is 5. The fraction of sp³-hybridized carbons (Fsp3) is 0.385. The van der Waals surface area contributed by atoms with E-state index >= 15 is 0 Å². The molecule has 1 aliphatic carbocycles. The number of halogens is 2. The molecule has 108 valence electrons. The predicted molar refractivity (Wildman–Crippen MR) is 80.1 cm³/mol. The van der Waals surface area contributed by atoms with Gasteiger partial charge in [-0.05, 0) is 59.5 Å². The van der Waals surface area contributed by atoms with E-state index in [2.05, 4.69) is 5.32 Å². The number of carboxylic acid groups (broad SMARTS) is 1. The molecule has 0 spiro atoms. The number of anilines is 1. The third-order valence-corrected chi connectivity index (χ3v) is 3.85. The van der Waals surface area contributed by atoms with Crippen LogP contribution in [0.15, 0.2) is 18.2 Å². The Hall–Kier alpha value is -1.38. The normalized spacial score (nSPS) is 13.9. The summed E-state index contributed by atoms with van der Waals surface area (Å²) in [7, 11) is 0. The van der Waals surface area contributed by atoms with E-state index in [1.807, 2.05) is 22.6 Å². The third kappa shape index (κ3) is 4.32. The number of nitrogens with one attached hydrogen (secondary N) is 1. The summed E-state index contributed by atoms with van der Waals surface area (Å²) < 4.78 is 13.6. The van der Waals surface area contributed by atoms with E-state index in [0.717, 1.165) is 12.8 Å². The van der Waals surface area contributed by atoms with Gasteiger partial charge in [-0.2, -0.15) is 0 Å². The fourth-order valence-corrected chi connectivity index (χ4v) is 2.39. The number of aliphatic carboxylic acids is 1. The van der Waals surface area contributed by atoms with Gasteiger partial charge in [0.05, 0.1) is 5.69 Å². The number of benzene rings is 1. The second kappa shape index (κ2) is 6.38. The van der Waals surface area contributed by atoms with Crippen LogP contribution in [0.25, 0.3) is 0 Å². The number of carboxylic acids is 1. The third-order valence-electron chi connectivity index (χ3n) is 2.96. The summed E-state index contributed by atoms with van der Waals surface area (Å²) in [6.07, 6.45) is 2.05. The molecule has 1 aliphatic rings. The van der Waals surface area contributed by atoms with Crippen molar-refractivity contribution in [3.05, 3.63) is 27.6 Å². The van der Waals surface area contributed by atoms with Gasteiger partial charge < -0.3 is 15.3 Å². The highest BCUT2D eigenvalue weighted by atomic mass is 127. The van der Waals surface area contributed by atoms with Crippen molar-refractivity contribution >= 4 is 40.3 Å². The maximum Gasteiger partial charge on any atom is 0.323 e. The van der Waals surface area contributed by atoms with Gasteiger partial charge in [-0.1, -0.05) is 0 Å². The molecule has 1 aromatic rings. The van der Waals surface area contributed by atoms with Crippen LogP contribution in [0.1, 0.15) is 12.8 Å². The molecule has 5 nitrogen and oxygen atoms in total. The van der Waals surface area contributed by atoms with Gasteiger partial charge in [-0.3, -0.25) is 4.79 Å². The van der Waals surface area contributed by atoms with Crippen LogP contribution in [-0.2, 0) is 4.79 Å². The van der Waals surface area contributed by atoms with Crippen molar-refractivity contribution in [2.24, 2.45) is 5.92 Å². The maximum absolute atomic E-state index is 13.0. The van der Waals surface area contributed by atoms with Crippen LogP contribution in [0.5, 0.6) is 0 Å². The summed E-state index contributed by atoms with van der Waals surface area (Å²) in [4.78, 5) is 24.2. The van der Waals surface area contributed by atoms with Crippen LogP contribution in [0, 0.1) is 15.3 Å². The van der Waals surface area contributed by atoms with Crippen LogP contribution in [0.3, 0.4) is 0 Å². The summed E-state index contributed by atoms with van der Waals surface area (Å²) in [6.45, 7) is 0.107. The van der Waals surface area contributed by atoms with Gasteiger partial charge in [0.1, 0.15) is 12.4 Å². The minimum Gasteiger partial charge on any atom is -0.480 e. The van der Waals surface area contributed by atoms with E-state index in [0.29, 0.717) is 21.7 Å². The fourth-order valence-electron chi connectivity index (χ4n) is 1.78. The molecule has 2 N–H and O–H groups in total. The Kier molecular flexibility index (Phi) is 4.79. The Balaban J connectivity index is 2.04. The summed E-state index contributed by atoms with van der Waals surface area (Å²) in [6, 6.07) is 3.55. The van der Waals surface area contributed by atoms with E-state index in [1.165, 1.54) is 23.1 Å². The summed E-state index contributed by atoms with van der Waals surface area (Å²) >= 11 is 1.92. The zero-order valence-corrected chi connectivity index (χ0v) is 12.8. The molecule has 1 fully saturated rings. The minimum absolute atomic E-state index is 0.333. The van der Waals surface area contributed by atoms with Crippen molar-refractivity contribution in [3.63, 3.8) is 0 Å². The van der Waals surface area contributed by atoms with Crippen molar-refractivity contribution in [2.75, 3.05) is 18.4 Å². The minimum atomic E-state index is -1.05. The lowest BCUT2D eigenvalue weighted by Crippen LogP contribution is -2.40. The van der Waals surface area contributed by atoms with Gasteiger partial charge in [-0.25, -0.2) is 9.18 Å². The number of hydrogen-bond donors (Lipinski definition) is 2. The second-order valence-electron chi connectivity index (χ2n) is 4.77. The van der Waals surface area contributed by atoms with Crippen molar-refractivity contribution in [1.29, 1.82) is 0 Å². The van der Waals surface area contributed by atoms with E-state index < -0.39 is 12.0 Å². The maximum atomic E-state index is 13.0. The molecule has 1 aromatic carbocycles. The summed E-state index contributed by atoms with van der Waals surface area (Å²) in [5.74, 6) is -1.03. The van der Waals surface area contributed by atoms with E-state index in [4.69, 9.17) is 5.11 Å². The number of carbonyl (C=O) groups is 2. The number of nitrogens with zero attached hydrogens (tertiary/aromatic N) is 1. The van der Waals surface area contributed by atoms with Crippen molar-refractivity contribution < 1.29 is 19.1 Å². The number of amides is 2.